The van der Waals surface area contributed by atoms with E-state index in [0.717, 1.165) is 0 Å². The molecule has 0 heterocycles. The molecule has 0 radical (unpaired) electrons. The Labute approximate surface area is 132 Å². The summed E-state index contributed by atoms with van der Waals surface area (Å²) in [5.74, 6) is -0.648. The summed E-state index contributed by atoms with van der Waals surface area (Å²) in [6.45, 7) is 1.18. The molecule has 0 amide bonds. The molecule has 0 bridgehead atoms. The zero-order chi connectivity index (χ0) is 16.8. The SMILES string of the molecule is CC(=O)OC(/C(=N/O)c1ccccc1)c1ccccc1[N+](=O)[O-]. The predicted octanol–water partition coefficient (Wildman–Crippen LogP) is 3.08. The number of hydrogen-bond donors (Lipinski definition) is 1. The van der Waals surface area contributed by atoms with E-state index >= 15 is 0 Å². The van der Waals surface area contributed by atoms with Gasteiger partial charge in [0, 0.05) is 18.6 Å². The normalized spacial score (nSPS) is 12.5. The predicted molar refractivity (Wildman–Crippen MR) is 82.4 cm³/mol. The fourth-order valence-corrected chi connectivity index (χ4v) is 2.18. The van der Waals surface area contributed by atoms with Gasteiger partial charge in [0.05, 0.1) is 10.5 Å². The summed E-state index contributed by atoms with van der Waals surface area (Å²) in [5.41, 5.74) is 0.398. The molecular weight excluding hydrogens is 300 g/mol. The minimum atomic E-state index is -1.19. The smallest absolute Gasteiger partial charge is 0.303 e. The zero-order valence-electron chi connectivity index (χ0n) is 12.2. The van der Waals surface area contributed by atoms with E-state index in [-0.39, 0.29) is 17.0 Å². The minimum Gasteiger partial charge on any atom is -0.451 e. The number of benzene rings is 2. The summed E-state index contributed by atoms with van der Waals surface area (Å²) in [6, 6.07) is 14.3. The highest BCUT2D eigenvalue weighted by Gasteiger charge is 2.30. The first-order valence-corrected chi connectivity index (χ1v) is 6.72. The third kappa shape index (κ3) is 3.70. The van der Waals surface area contributed by atoms with Crippen molar-refractivity contribution in [2.45, 2.75) is 13.0 Å². The van der Waals surface area contributed by atoms with Gasteiger partial charge < -0.3 is 9.94 Å². The van der Waals surface area contributed by atoms with Crippen molar-refractivity contribution < 1.29 is 19.7 Å². The molecule has 0 spiro atoms. The maximum Gasteiger partial charge on any atom is 0.303 e. The van der Waals surface area contributed by atoms with Crippen LogP contribution in [-0.4, -0.2) is 21.8 Å². The maximum atomic E-state index is 11.4. The van der Waals surface area contributed by atoms with Gasteiger partial charge in [0.25, 0.3) is 5.69 Å². The summed E-state index contributed by atoms with van der Waals surface area (Å²) in [6.07, 6.45) is -1.19. The van der Waals surface area contributed by atoms with Crippen LogP contribution in [0.1, 0.15) is 24.2 Å². The summed E-state index contributed by atoms with van der Waals surface area (Å²) in [7, 11) is 0. The summed E-state index contributed by atoms with van der Waals surface area (Å²) < 4.78 is 5.20. The quantitative estimate of drug-likeness (QED) is 0.300. The number of nitro benzene ring substituents is 1. The summed E-state index contributed by atoms with van der Waals surface area (Å²) in [5, 5.41) is 23.8. The number of oxime groups is 1. The Bertz CT molecular complexity index is 743. The van der Waals surface area contributed by atoms with Gasteiger partial charge in [-0.2, -0.15) is 0 Å². The van der Waals surface area contributed by atoms with Gasteiger partial charge in [-0.3, -0.25) is 14.9 Å². The maximum absolute atomic E-state index is 11.4. The standard InChI is InChI=1S/C16H14N2O5/c1-11(19)23-16(13-9-5-6-10-14(13)18(21)22)15(17-20)12-7-3-2-4-8-12/h2-10,16,20H,1H3/b17-15+. The first kappa shape index (κ1) is 16.2. The number of ether oxygens (including phenoxy) is 1. The molecule has 7 heteroatoms. The molecule has 2 aromatic carbocycles. The van der Waals surface area contributed by atoms with E-state index in [1.807, 2.05) is 0 Å². The van der Waals surface area contributed by atoms with E-state index in [4.69, 9.17) is 4.74 Å². The topological polar surface area (TPSA) is 102 Å². The lowest BCUT2D eigenvalue weighted by Crippen LogP contribution is -2.21. The van der Waals surface area contributed by atoms with E-state index in [0.29, 0.717) is 5.56 Å². The van der Waals surface area contributed by atoms with Crippen LogP contribution in [0.5, 0.6) is 0 Å². The third-order valence-corrected chi connectivity index (χ3v) is 3.13. The van der Waals surface area contributed by atoms with Crippen molar-refractivity contribution in [1.82, 2.24) is 0 Å². The van der Waals surface area contributed by atoms with Crippen LogP contribution in [0.2, 0.25) is 0 Å². The van der Waals surface area contributed by atoms with Gasteiger partial charge in [0.2, 0.25) is 0 Å². The molecule has 0 aliphatic carbocycles. The van der Waals surface area contributed by atoms with Gasteiger partial charge in [0.1, 0.15) is 5.71 Å². The molecule has 0 saturated carbocycles. The van der Waals surface area contributed by atoms with Gasteiger partial charge >= 0.3 is 5.97 Å². The highest BCUT2D eigenvalue weighted by Crippen LogP contribution is 2.30. The molecule has 0 fully saturated rings. The van der Waals surface area contributed by atoms with Crippen molar-refractivity contribution in [3.05, 3.63) is 75.8 Å². The largest absolute Gasteiger partial charge is 0.451 e. The molecule has 1 unspecified atom stereocenters. The van der Waals surface area contributed by atoms with Crippen LogP contribution >= 0.6 is 0 Å². The molecule has 7 nitrogen and oxygen atoms in total. The Kier molecular flexibility index (Phi) is 5.03. The Balaban J connectivity index is 2.58. The number of nitro groups is 1. The zero-order valence-corrected chi connectivity index (χ0v) is 12.2. The molecule has 1 atom stereocenters. The Morgan fingerprint density at radius 1 is 1.17 bits per heavy atom. The molecule has 2 aromatic rings. The second-order valence-electron chi connectivity index (χ2n) is 4.66. The Hall–Kier alpha value is -3.22. The number of para-hydroxylation sites is 1. The van der Waals surface area contributed by atoms with Crippen LogP contribution in [0.15, 0.2) is 59.8 Å². The van der Waals surface area contributed by atoms with E-state index < -0.39 is 17.0 Å². The van der Waals surface area contributed by atoms with Crippen LogP contribution in [0.4, 0.5) is 5.69 Å². The van der Waals surface area contributed by atoms with Crippen molar-refractivity contribution in [3.8, 4) is 0 Å². The van der Waals surface area contributed by atoms with Crippen LogP contribution in [0.25, 0.3) is 0 Å². The van der Waals surface area contributed by atoms with Crippen LogP contribution in [-0.2, 0) is 9.53 Å². The molecule has 118 valence electrons. The number of esters is 1. The molecule has 2 rings (SSSR count). The fraction of sp³-hybridized carbons (Fsp3) is 0.125. The summed E-state index contributed by atoms with van der Waals surface area (Å²) >= 11 is 0. The monoisotopic (exact) mass is 314 g/mol. The van der Waals surface area contributed by atoms with Gasteiger partial charge in [-0.25, -0.2) is 0 Å². The number of rotatable bonds is 5. The molecule has 23 heavy (non-hydrogen) atoms. The van der Waals surface area contributed by atoms with E-state index in [2.05, 4.69) is 5.16 Å². The van der Waals surface area contributed by atoms with Crippen molar-refractivity contribution >= 4 is 17.4 Å². The number of carbonyl (C=O) groups is 1. The van der Waals surface area contributed by atoms with Crippen molar-refractivity contribution in [1.29, 1.82) is 0 Å². The molecule has 0 saturated heterocycles. The second-order valence-corrected chi connectivity index (χ2v) is 4.66. The Morgan fingerprint density at radius 2 is 1.78 bits per heavy atom. The van der Waals surface area contributed by atoms with Crippen molar-refractivity contribution in [3.63, 3.8) is 0 Å². The van der Waals surface area contributed by atoms with E-state index in [1.54, 1.807) is 36.4 Å². The van der Waals surface area contributed by atoms with Crippen molar-refractivity contribution in [2.24, 2.45) is 5.16 Å². The van der Waals surface area contributed by atoms with E-state index in [1.165, 1.54) is 25.1 Å². The number of carbonyl (C=O) groups excluding carboxylic acids is 1. The lowest BCUT2D eigenvalue weighted by atomic mass is 9.97. The third-order valence-electron chi connectivity index (χ3n) is 3.13. The molecule has 0 aliphatic heterocycles. The fourth-order valence-electron chi connectivity index (χ4n) is 2.18. The average Bonchev–Trinajstić information content (AvgIpc) is 2.55. The molecule has 1 N–H and O–H groups in total. The number of hydrogen-bond acceptors (Lipinski definition) is 6. The Morgan fingerprint density at radius 3 is 2.35 bits per heavy atom. The van der Waals surface area contributed by atoms with Gasteiger partial charge in [-0.1, -0.05) is 47.6 Å². The van der Waals surface area contributed by atoms with Gasteiger partial charge in [-0.05, 0) is 6.07 Å². The van der Waals surface area contributed by atoms with Gasteiger partial charge in [-0.15, -0.1) is 0 Å². The second kappa shape index (κ2) is 7.17. The first-order valence-electron chi connectivity index (χ1n) is 6.72. The van der Waals surface area contributed by atoms with E-state index in [9.17, 15) is 20.1 Å². The number of nitrogens with zero attached hydrogens (tertiary/aromatic N) is 2. The summed E-state index contributed by atoms with van der Waals surface area (Å²) in [4.78, 5) is 22.1. The van der Waals surface area contributed by atoms with Crippen LogP contribution < -0.4 is 0 Å². The van der Waals surface area contributed by atoms with Crippen LogP contribution in [0.3, 0.4) is 0 Å². The lowest BCUT2D eigenvalue weighted by molar-refractivity contribution is -0.386. The van der Waals surface area contributed by atoms with Gasteiger partial charge in [0.15, 0.2) is 6.10 Å². The first-order chi connectivity index (χ1) is 11.0. The average molecular weight is 314 g/mol. The molecule has 0 aromatic heterocycles. The molecular formula is C16H14N2O5. The lowest BCUT2D eigenvalue weighted by Gasteiger charge is -2.18. The highest BCUT2D eigenvalue weighted by molar-refractivity contribution is 6.05. The van der Waals surface area contributed by atoms with Crippen molar-refractivity contribution in [2.75, 3.05) is 0 Å². The minimum absolute atomic E-state index is 0.00935. The highest BCUT2D eigenvalue weighted by atomic mass is 16.6. The molecule has 0 aliphatic rings. The van der Waals surface area contributed by atoms with Crippen LogP contribution in [0, 0.1) is 10.1 Å².